The first kappa shape index (κ1) is 11.5. The molecule has 78 valence electrons. The number of halogens is 1. The molecule has 14 heavy (non-hydrogen) atoms. The van der Waals surface area contributed by atoms with Crippen LogP contribution in [-0.2, 0) is 0 Å². The fraction of sp³-hybridized carbons (Fsp3) is 0.455. The predicted octanol–water partition coefficient (Wildman–Crippen LogP) is 3.11. The van der Waals surface area contributed by atoms with E-state index < -0.39 is 6.10 Å². The molecule has 0 fully saturated rings. The van der Waals surface area contributed by atoms with E-state index in [1.807, 2.05) is 25.1 Å². The van der Waals surface area contributed by atoms with E-state index in [0.29, 0.717) is 5.69 Å². The Morgan fingerprint density at radius 3 is 2.71 bits per heavy atom. The highest BCUT2D eigenvalue weighted by Gasteiger charge is 2.17. The van der Waals surface area contributed by atoms with Crippen LogP contribution in [0.3, 0.4) is 0 Å². The summed E-state index contributed by atoms with van der Waals surface area (Å²) in [6.45, 7) is 4.08. The summed E-state index contributed by atoms with van der Waals surface area (Å²) in [5, 5.41) is 9.99. The highest BCUT2D eigenvalue weighted by molar-refractivity contribution is 9.10. The van der Waals surface area contributed by atoms with Gasteiger partial charge in [-0.1, -0.05) is 36.2 Å². The van der Waals surface area contributed by atoms with E-state index in [2.05, 4.69) is 22.9 Å². The molecule has 0 saturated carbocycles. The molecular formula is C11H16BrNO. The molecule has 1 aromatic carbocycles. The van der Waals surface area contributed by atoms with Gasteiger partial charge in [0.25, 0.3) is 0 Å². The highest BCUT2D eigenvalue weighted by Crippen LogP contribution is 2.30. The van der Waals surface area contributed by atoms with Crippen molar-refractivity contribution in [2.45, 2.75) is 26.4 Å². The van der Waals surface area contributed by atoms with Crippen molar-refractivity contribution in [3.05, 3.63) is 28.2 Å². The van der Waals surface area contributed by atoms with Gasteiger partial charge in [0, 0.05) is 15.7 Å². The number of anilines is 1. The van der Waals surface area contributed by atoms with Gasteiger partial charge in [0.2, 0.25) is 0 Å². The first-order valence-corrected chi connectivity index (χ1v) is 5.58. The van der Waals surface area contributed by atoms with E-state index in [-0.39, 0.29) is 5.92 Å². The summed E-state index contributed by atoms with van der Waals surface area (Å²) < 4.78 is 0.948. The van der Waals surface area contributed by atoms with Crippen LogP contribution in [0.4, 0.5) is 5.69 Å². The molecule has 0 bridgehead atoms. The maximum Gasteiger partial charge on any atom is 0.0835 e. The van der Waals surface area contributed by atoms with E-state index >= 15 is 0 Å². The minimum atomic E-state index is -0.475. The molecule has 0 amide bonds. The van der Waals surface area contributed by atoms with Crippen molar-refractivity contribution in [2.24, 2.45) is 5.92 Å². The van der Waals surface area contributed by atoms with Gasteiger partial charge < -0.3 is 10.8 Å². The summed E-state index contributed by atoms with van der Waals surface area (Å²) in [6, 6.07) is 5.57. The van der Waals surface area contributed by atoms with Crippen LogP contribution in [0.1, 0.15) is 31.9 Å². The average Bonchev–Trinajstić information content (AvgIpc) is 2.19. The van der Waals surface area contributed by atoms with Crippen LogP contribution in [0.15, 0.2) is 22.7 Å². The fourth-order valence-corrected chi connectivity index (χ4v) is 1.71. The smallest absolute Gasteiger partial charge is 0.0835 e. The van der Waals surface area contributed by atoms with Crippen molar-refractivity contribution in [1.29, 1.82) is 0 Å². The molecule has 0 heterocycles. The van der Waals surface area contributed by atoms with E-state index in [0.717, 1.165) is 16.5 Å². The van der Waals surface area contributed by atoms with E-state index in [1.54, 1.807) is 0 Å². The molecule has 0 aliphatic rings. The quantitative estimate of drug-likeness (QED) is 0.818. The van der Waals surface area contributed by atoms with Crippen LogP contribution in [0.25, 0.3) is 0 Å². The molecule has 0 radical (unpaired) electrons. The van der Waals surface area contributed by atoms with Gasteiger partial charge in [0.05, 0.1) is 6.10 Å². The molecule has 2 atom stereocenters. The van der Waals surface area contributed by atoms with Crippen LogP contribution in [0, 0.1) is 5.92 Å². The third-order valence-corrected chi connectivity index (χ3v) is 3.04. The largest absolute Gasteiger partial charge is 0.398 e. The van der Waals surface area contributed by atoms with Crippen molar-refractivity contribution < 1.29 is 5.11 Å². The topological polar surface area (TPSA) is 46.2 Å². The molecule has 0 aliphatic heterocycles. The van der Waals surface area contributed by atoms with Gasteiger partial charge >= 0.3 is 0 Å². The Kier molecular flexibility index (Phi) is 3.96. The molecule has 0 aromatic heterocycles. The third-order valence-electron chi connectivity index (χ3n) is 2.55. The van der Waals surface area contributed by atoms with Gasteiger partial charge in [0.1, 0.15) is 0 Å². The van der Waals surface area contributed by atoms with Gasteiger partial charge in [0.15, 0.2) is 0 Å². The zero-order chi connectivity index (χ0) is 10.7. The average molecular weight is 258 g/mol. The second-order valence-electron chi connectivity index (χ2n) is 3.60. The first-order chi connectivity index (χ1) is 6.56. The summed E-state index contributed by atoms with van der Waals surface area (Å²) in [7, 11) is 0. The van der Waals surface area contributed by atoms with Crippen LogP contribution in [0.5, 0.6) is 0 Å². The van der Waals surface area contributed by atoms with Gasteiger partial charge in [-0.05, 0) is 24.1 Å². The van der Waals surface area contributed by atoms with E-state index in [9.17, 15) is 5.11 Å². The van der Waals surface area contributed by atoms with Crippen molar-refractivity contribution in [3.8, 4) is 0 Å². The van der Waals surface area contributed by atoms with Gasteiger partial charge in [-0.2, -0.15) is 0 Å². The number of benzene rings is 1. The second-order valence-corrected chi connectivity index (χ2v) is 4.52. The minimum Gasteiger partial charge on any atom is -0.398 e. The number of hydrogen-bond donors (Lipinski definition) is 2. The number of hydrogen-bond acceptors (Lipinski definition) is 2. The lowest BCUT2D eigenvalue weighted by Gasteiger charge is -2.19. The Morgan fingerprint density at radius 2 is 2.14 bits per heavy atom. The highest BCUT2D eigenvalue weighted by atomic mass is 79.9. The normalized spacial score (nSPS) is 15.1. The lowest BCUT2D eigenvalue weighted by atomic mass is 9.94. The van der Waals surface area contributed by atoms with Crippen LogP contribution in [-0.4, -0.2) is 5.11 Å². The Labute approximate surface area is 93.3 Å². The summed E-state index contributed by atoms with van der Waals surface area (Å²) in [5.74, 6) is 0.228. The molecule has 2 nitrogen and oxygen atoms in total. The number of nitrogen functional groups attached to an aromatic ring is 1. The SMILES string of the molecule is CCC(C)C(O)c1cc(Br)ccc1N. The summed E-state index contributed by atoms with van der Waals surface area (Å²) in [6.07, 6.45) is 0.463. The summed E-state index contributed by atoms with van der Waals surface area (Å²) >= 11 is 3.37. The van der Waals surface area contributed by atoms with Gasteiger partial charge in [-0.15, -0.1) is 0 Å². The number of aliphatic hydroxyl groups is 1. The van der Waals surface area contributed by atoms with E-state index in [1.165, 1.54) is 0 Å². The second kappa shape index (κ2) is 4.80. The summed E-state index contributed by atoms with van der Waals surface area (Å²) in [4.78, 5) is 0. The summed E-state index contributed by atoms with van der Waals surface area (Å²) in [5.41, 5.74) is 7.27. The fourth-order valence-electron chi connectivity index (χ4n) is 1.33. The molecule has 2 unspecified atom stereocenters. The van der Waals surface area contributed by atoms with Crippen LogP contribution in [0.2, 0.25) is 0 Å². The maximum absolute atomic E-state index is 9.99. The van der Waals surface area contributed by atoms with Crippen molar-refractivity contribution in [3.63, 3.8) is 0 Å². The Bertz CT molecular complexity index is 314. The minimum absolute atomic E-state index is 0.228. The molecule has 1 rings (SSSR count). The Balaban J connectivity index is 2.99. The number of nitrogens with two attached hydrogens (primary N) is 1. The molecule has 0 saturated heterocycles. The lowest BCUT2D eigenvalue weighted by molar-refractivity contribution is 0.116. The van der Waals surface area contributed by atoms with Crippen molar-refractivity contribution in [2.75, 3.05) is 5.73 Å². The zero-order valence-corrected chi connectivity index (χ0v) is 10.1. The molecule has 1 aromatic rings. The molecule has 3 N–H and O–H groups in total. The molecule has 0 spiro atoms. The van der Waals surface area contributed by atoms with Crippen molar-refractivity contribution in [1.82, 2.24) is 0 Å². The molecule has 0 aliphatic carbocycles. The number of rotatable bonds is 3. The lowest BCUT2D eigenvalue weighted by Crippen LogP contribution is -2.10. The first-order valence-electron chi connectivity index (χ1n) is 4.79. The van der Waals surface area contributed by atoms with Crippen LogP contribution >= 0.6 is 15.9 Å². The predicted molar refractivity (Wildman–Crippen MR) is 63.0 cm³/mol. The molecule has 3 heteroatoms. The van der Waals surface area contributed by atoms with E-state index in [4.69, 9.17) is 5.73 Å². The van der Waals surface area contributed by atoms with Gasteiger partial charge in [-0.3, -0.25) is 0 Å². The van der Waals surface area contributed by atoms with Gasteiger partial charge in [-0.25, -0.2) is 0 Å². The Hall–Kier alpha value is -0.540. The standard InChI is InChI=1S/C11H16BrNO/c1-3-7(2)11(14)9-6-8(12)4-5-10(9)13/h4-7,11,14H,3,13H2,1-2H3. The monoisotopic (exact) mass is 257 g/mol. The maximum atomic E-state index is 9.99. The molecular weight excluding hydrogens is 242 g/mol. The van der Waals surface area contributed by atoms with Crippen LogP contribution < -0.4 is 5.73 Å². The Morgan fingerprint density at radius 1 is 1.50 bits per heavy atom. The van der Waals surface area contributed by atoms with Crippen molar-refractivity contribution >= 4 is 21.6 Å². The third kappa shape index (κ3) is 2.49. The zero-order valence-electron chi connectivity index (χ0n) is 8.50. The number of aliphatic hydroxyl groups excluding tert-OH is 1.